The minimum absolute atomic E-state index is 0.135. The SMILES string of the molecule is CC(C)c1ncc(N)c(O)n1. The first-order valence-electron chi connectivity index (χ1n) is 3.42. The van der Waals surface area contributed by atoms with Crippen LogP contribution in [0.2, 0.25) is 0 Å². The fourth-order valence-electron chi connectivity index (χ4n) is 0.674. The molecular weight excluding hydrogens is 142 g/mol. The van der Waals surface area contributed by atoms with Crippen LogP contribution in [-0.4, -0.2) is 15.1 Å². The van der Waals surface area contributed by atoms with Gasteiger partial charge in [0.1, 0.15) is 11.5 Å². The molecule has 0 aromatic carbocycles. The van der Waals surface area contributed by atoms with Crippen molar-refractivity contribution < 1.29 is 5.11 Å². The standard InChI is InChI=1S/C7H11N3O/c1-4(2)6-9-3-5(8)7(11)10-6/h3-4H,8H2,1-2H3,(H,9,10,11). The van der Waals surface area contributed by atoms with E-state index >= 15 is 0 Å². The minimum atomic E-state index is -0.135. The Morgan fingerprint density at radius 1 is 1.55 bits per heavy atom. The van der Waals surface area contributed by atoms with Crippen LogP contribution in [0.15, 0.2) is 6.20 Å². The summed E-state index contributed by atoms with van der Waals surface area (Å²) in [5, 5.41) is 9.07. The highest BCUT2D eigenvalue weighted by Gasteiger charge is 2.05. The summed E-state index contributed by atoms with van der Waals surface area (Å²) in [6.07, 6.45) is 1.41. The molecule has 1 heterocycles. The minimum Gasteiger partial charge on any atom is -0.492 e. The molecule has 0 aliphatic carbocycles. The van der Waals surface area contributed by atoms with Gasteiger partial charge < -0.3 is 10.8 Å². The van der Waals surface area contributed by atoms with Crippen molar-refractivity contribution in [1.29, 1.82) is 0 Å². The third-order valence-electron chi connectivity index (χ3n) is 1.33. The lowest BCUT2D eigenvalue weighted by Gasteiger charge is -2.03. The van der Waals surface area contributed by atoms with Crippen LogP contribution >= 0.6 is 0 Å². The second-order valence-corrected chi connectivity index (χ2v) is 2.66. The molecule has 3 N–H and O–H groups in total. The summed E-state index contributed by atoms with van der Waals surface area (Å²) in [5.74, 6) is 0.682. The summed E-state index contributed by atoms with van der Waals surface area (Å²) in [6.45, 7) is 3.90. The van der Waals surface area contributed by atoms with Gasteiger partial charge in [0.05, 0.1) is 6.20 Å². The molecule has 11 heavy (non-hydrogen) atoms. The second-order valence-electron chi connectivity index (χ2n) is 2.66. The van der Waals surface area contributed by atoms with Crippen LogP contribution in [0.1, 0.15) is 25.6 Å². The highest BCUT2D eigenvalue weighted by molar-refractivity contribution is 5.44. The molecule has 4 heteroatoms. The van der Waals surface area contributed by atoms with Crippen LogP contribution in [0.3, 0.4) is 0 Å². The molecule has 0 saturated carbocycles. The Morgan fingerprint density at radius 3 is 2.64 bits per heavy atom. The number of aromatic nitrogens is 2. The van der Waals surface area contributed by atoms with E-state index in [1.54, 1.807) is 0 Å². The van der Waals surface area contributed by atoms with Gasteiger partial charge in [0.2, 0.25) is 5.88 Å². The van der Waals surface area contributed by atoms with Crippen LogP contribution in [-0.2, 0) is 0 Å². The normalized spacial score (nSPS) is 10.5. The first kappa shape index (κ1) is 7.78. The molecule has 1 aromatic heterocycles. The van der Waals surface area contributed by atoms with Crippen LogP contribution in [0.4, 0.5) is 5.69 Å². The second kappa shape index (κ2) is 2.74. The Hall–Kier alpha value is -1.32. The van der Waals surface area contributed by atoms with Gasteiger partial charge in [0.25, 0.3) is 0 Å². The van der Waals surface area contributed by atoms with Crippen molar-refractivity contribution in [2.75, 3.05) is 5.73 Å². The van der Waals surface area contributed by atoms with Gasteiger partial charge >= 0.3 is 0 Å². The molecule has 60 valence electrons. The van der Waals surface area contributed by atoms with Crippen LogP contribution in [0.5, 0.6) is 5.88 Å². The van der Waals surface area contributed by atoms with Crippen molar-refractivity contribution >= 4 is 5.69 Å². The van der Waals surface area contributed by atoms with Gasteiger partial charge in [-0.15, -0.1) is 0 Å². The molecular formula is C7H11N3O. The van der Waals surface area contributed by atoms with Crippen LogP contribution < -0.4 is 5.73 Å². The molecule has 1 rings (SSSR count). The summed E-state index contributed by atoms with van der Waals surface area (Å²) < 4.78 is 0. The van der Waals surface area contributed by atoms with E-state index in [1.165, 1.54) is 6.20 Å². The first-order chi connectivity index (χ1) is 5.11. The average Bonchev–Trinajstić information content (AvgIpc) is 1.94. The van der Waals surface area contributed by atoms with Gasteiger partial charge in [0.15, 0.2) is 0 Å². The Morgan fingerprint density at radius 2 is 2.18 bits per heavy atom. The number of rotatable bonds is 1. The Bertz CT molecular complexity index is 260. The fraction of sp³-hybridized carbons (Fsp3) is 0.429. The summed E-state index contributed by atoms with van der Waals surface area (Å²) >= 11 is 0. The van der Waals surface area contributed by atoms with E-state index in [0.717, 1.165) is 0 Å². The van der Waals surface area contributed by atoms with E-state index in [2.05, 4.69) is 9.97 Å². The number of nitrogen functional groups attached to an aromatic ring is 1. The maximum absolute atomic E-state index is 9.07. The zero-order chi connectivity index (χ0) is 8.43. The number of nitrogens with zero attached hydrogens (tertiary/aromatic N) is 2. The lowest BCUT2D eigenvalue weighted by Crippen LogP contribution is -1.99. The summed E-state index contributed by atoms with van der Waals surface area (Å²) in [4.78, 5) is 7.73. The third kappa shape index (κ3) is 1.58. The molecule has 4 nitrogen and oxygen atoms in total. The largest absolute Gasteiger partial charge is 0.492 e. The van der Waals surface area contributed by atoms with E-state index in [9.17, 15) is 0 Å². The van der Waals surface area contributed by atoms with Crippen LogP contribution in [0.25, 0.3) is 0 Å². The van der Waals surface area contributed by atoms with E-state index < -0.39 is 0 Å². The molecule has 0 unspecified atom stereocenters. The summed E-state index contributed by atoms with van der Waals surface area (Å²) in [7, 11) is 0. The zero-order valence-electron chi connectivity index (χ0n) is 6.57. The quantitative estimate of drug-likeness (QED) is 0.628. The van der Waals surface area contributed by atoms with Crippen molar-refractivity contribution in [2.24, 2.45) is 0 Å². The van der Waals surface area contributed by atoms with Crippen molar-refractivity contribution in [2.45, 2.75) is 19.8 Å². The molecule has 0 atom stereocenters. The smallest absolute Gasteiger partial charge is 0.238 e. The van der Waals surface area contributed by atoms with Gasteiger partial charge in [-0.2, -0.15) is 4.98 Å². The first-order valence-corrected chi connectivity index (χ1v) is 3.42. The molecule has 0 fully saturated rings. The van der Waals surface area contributed by atoms with Crippen molar-refractivity contribution in [3.05, 3.63) is 12.0 Å². The molecule has 0 spiro atoms. The lowest BCUT2D eigenvalue weighted by molar-refractivity contribution is 0.450. The number of anilines is 1. The average molecular weight is 153 g/mol. The van der Waals surface area contributed by atoms with Gasteiger partial charge in [0, 0.05) is 5.92 Å². The van der Waals surface area contributed by atoms with Crippen molar-refractivity contribution in [3.8, 4) is 5.88 Å². The number of nitrogens with two attached hydrogens (primary N) is 1. The van der Waals surface area contributed by atoms with E-state index in [-0.39, 0.29) is 17.5 Å². The fourth-order valence-corrected chi connectivity index (χ4v) is 0.674. The molecule has 0 amide bonds. The highest BCUT2D eigenvalue weighted by Crippen LogP contribution is 2.17. The molecule has 0 bridgehead atoms. The van der Waals surface area contributed by atoms with Crippen LogP contribution in [0, 0.1) is 0 Å². The Balaban J connectivity index is 3.05. The summed E-state index contributed by atoms with van der Waals surface area (Å²) in [5.41, 5.74) is 5.53. The number of aromatic hydroxyl groups is 1. The Labute approximate surface area is 65.1 Å². The highest BCUT2D eigenvalue weighted by atomic mass is 16.3. The van der Waals surface area contributed by atoms with Crippen molar-refractivity contribution in [1.82, 2.24) is 9.97 Å². The predicted octanol–water partition coefficient (Wildman–Crippen LogP) is 0.888. The zero-order valence-corrected chi connectivity index (χ0v) is 6.57. The number of hydrogen-bond acceptors (Lipinski definition) is 4. The number of hydrogen-bond donors (Lipinski definition) is 2. The van der Waals surface area contributed by atoms with Gasteiger partial charge in [-0.05, 0) is 0 Å². The summed E-state index contributed by atoms with van der Waals surface area (Å²) in [6, 6.07) is 0. The molecule has 1 aromatic rings. The maximum Gasteiger partial charge on any atom is 0.238 e. The predicted molar refractivity (Wildman–Crippen MR) is 42.2 cm³/mol. The van der Waals surface area contributed by atoms with Gasteiger partial charge in [-0.1, -0.05) is 13.8 Å². The van der Waals surface area contributed by atoms with Crippen molar-refractivity contribution in [3.63, 3.8) is 0 Å². The van der Waals surface area contributed by atoms with E-state index in [0.29, 0.717) is 5.82 Å². The topological polar surface area (TPSA) is 72.0 Å². The lowest BCUT2D eigenvalue weighted by atomic mass is 10.2. The van der Waals surface area contributed by atoms with Gasteiger partial charge in [-0.3, -0.25) is 0 Å². The maximum atomic E-state index is 9.07. The Kier molecular flexibility index (Phi) is 1.94. The molecule has 0 saturated heterocycles. The van der Waals surface area contributed by atoms with Gasteiger partial charge in [-0.25, -0.2) is 4.98 Å². The van der Waals surface area contributed by atoms with E-state index in [1.807, 2.05) is 13.8 Å². The molecule has 0 aliphatic heterocycles. The monoisotopic (exact) mass is 153 g/mol. The molecule has 0 radical (unpaired) electrons. The van der Waals surface area contributed by atoms with E-state index in [4.69, 9.17) is 10.8 Å². The molecule has 0 aliphatic rings. The third-order valence-corrected chi connectivity index (χ3v) is 1.33.